The Balaban J connectivity index is 3.32. The molecule has 0 radical (unpaired) electrons. The van der Waals surface area contributed by atoms with Gasteiger partial charge < -0.3 is 16.1 Å². The normalized spacial score (nSPS) is 10.4. The first-order valence-electron chi connectivity index (χ1n) is 3.78. The molecule has 0 aliphatic rings. The van der Waals surface area contributed by atoms with Crippen LogP contribution in [0.3, 0.4) is 0 Å². The molecule has 0 bridgehead atoms. The number of rotatable bonds is 3. The van der Waals surface area contributed by atoms with E-state index in [0.717, 1.165) is 12.1 Å². The van der Waals surface area contributed by atoms with E-state index in [9.17, 15) is 9.59 Å². The molecule has 1 aromatic rings. The molecule has 0 atom stereocenters. The van der Waals surface area contributed by atoms with Crippen molar-refractivity contribution in [2.75, 3.05) is 0 Å². The van der Waals surface area contributed by atoms with Crippen molar-refractivity contribution in [1.82, 2.24) is 0 Å². The summed E-state index contributed by atoms with van der Waals surface area (Å²) in [6, 6.07) is 3.39. The average molecular weight is 209 g/mol. The molecule has 1 aromatic carbocycles. The van der Waals surface area contributed by atoms with E-state index in [-0.39, 0.29) is 16.8 Å². The number of nitrogens with zero attached hydrogens (tertiary/aromatic N) is 2. The Morgan fingerprint density at radius 2 is 1.87 bits per heavy atom. The lowest BCUT2D eigenvalue weighted by Gasteiger charge is -2.00. The van der Waals surface area contributed by atoms with Gasteiger partial charge in [0, 0.05) is 0 Å². The number of aromatic carboxylic acids is 2. The van der Waals surface area contributed by atoms with Gasteiger partial charge in [0.1, 0.15) is 5.69 Å². The second-order valence-corrected chi connectivity index (χ2v) is 2.56. The third-order valence-electron chi connectivity index (χ3n) is 1.64. The van der Waals surface area contributed by atoms with Crippen molar-refractivity contribution < 1.29 is 19.8 Å². The molecule has 78 valence electrons. The fourth-order valence-electron chi connectivity index (χ4n) is 0.990. The highest BCUT2D eigenvalue weighted by molar-refractivity contribution is 5.96. The fraction of sp³-hybridized carbons (Fsp3) is 0. The zero-order valence-electron chi connectivity index (χ0n) is 7.41. The molecule has 0 heterocycles. The van der Waals surface area contributed by atoms with E-state index in [4.69, 9.17) is 16.1 Å². The van der Waals surface area contributed by atoms with Gasteiger partial charge >= 0.3 is 11.9 Å². The number of carboxylic acids is 2. The molecule has 0 fully saturated rings. The Morgan fingerprint density at radius 1 is 1.20 bits per heavy atom. The monoisotopic (exact) mass is 209 g/mol. The van der Waals surface area contributed by atoms with Gasteiger partial charge in [-0.2, -0.15) is 0 Å². The van der Waals surface area contributed by atoms with E-state index < -0.39 is 11.9 Å². The highest BCUT2D eigenvalue weighted by Crippen LogP contribution is 2.21. The van der Waals surface area contributed by atoms with Crippen molar-refractivity contribution in [3.05, 3.63) is 29.3 Å². The summed E-state index contributed by atoms with van der Waals surface area (Å²) in [4.78, 5) is 21.3. The lowest BCUT2D eigenvalue weighted by atomic mass is 10.1. The molecule has 0 saturated heterocycles. The average Bonchev–Trinajstić information content (AvgIpc) is 2.17. The van der Waals surface area contributed by atoms with Crippen molar-refractivity contribution in [3.63, 3.8) is 0 Å². The van der Waals surface area contributed by atoms with E-state index in [1.807, 2.05) is 0 Å². The van der Waals surface area contributed by atoms with Crippen LogP contribution in [0.2, 0.25) is 0 Å². The molecule has 0 aliphatic carbocycles. The number of benzene rings is 1. The number of carboxylic acid groups (broad SMARTS) is 2. The molecule has 0 spiro atoms. The van der Waals surface area contributed by atoms with Crippen molar-refractivity contribution in [2.45, 2.75) is 0 Å². The van der Waals surface area contributed by atoms with Gasteiger partial charge in [-0.05, 0) is 18.2 Å². The van der Waals surface area contributed by atoms with Crippen molar-refractivity contribution in [3.8, 4) is 0 Å². The van der Waals surface area contributed by atoms with Crippen molar-refractivity contribution in [2.24, 2.45) is 16.2 Å². The zero-order chi connectivity index (χ0) is 11.4. The lowest BCUT2D eigenvalue weighted by molar-refractivity contribution is 0.0682. The molecular weight excluding hydrogens is 202 g/mol. The van der Waals surface area contributed by atoms with Gasteiger partial charge in [0.15, 0.2) is 0 Å². The standard InChI is InChI=1S/C8H7N3O4/c9-11-10-6-3-4(7(12)13)1-2-5(6)8(14)15/h1-3H,(H2,9,10)(H,12,13)(H,14,15). The highest BCUT2D eigenvalue weighted by atomic mass is 16.4. The maximum absolute atomic E-state index is 10.7. The quantitative estimate of drug-likeness (QED) is 0.389. The second kappa shape index (κ2) is 4.18. The minimum atomic E-state index is -1.23. The maximum Gasteiger partial charge on any atom is 0.337 e. The van der Waals surface area contributed by atoms with Crippen LogP contribution in [0.15, 0.2) is 28.5 Å². The number of hydrogen-bond donors (Lipinski definition) is 3. The van der Waals surface area contributed by atoms with Crippen LogP contribution in [0.4, 0.5) is 5.69 Å². The first kappa shape index (κ1) is 10.6. The summed E-state index contributed by atoms with van der Waals surface area (Å²) < 4.78 is 0. The van der Waals surface area contributed by atoms with Crippen molar-refractivity contribution >= 4 is 17.6 Å². The summed E-state index contributed by atoms with van der Waals surface area (Å²) in [5.74, 6) is 2.37. The fourth-order valence-corrected chi connectivity index (χ4v) is 0.990. The molecule has 0 saturated carbocycles. The topological polar surface area (TPSA) is 125 Å². The lowest BCUT2D eigenvalue weighted by Crippen LogP contribution is -2.01. The Labute approximate surface area is 83.8 Å². The van der Waals surface area contributed by atoms with E-state index in [1.165, 1.54) is 6.07 Å². The Hall–Kier alpha value is -2.44. The largest absolute Gasteiger partial charge is 0.478 e. The zero-order valence-corrected chi connectivity index (χ0v) is 7.41. The van der Waals surface area contributed by atoms with Crippen molar-refractivity contribution in [1.29, 1.82) is 0 Å². The van der Waals surface area contributed by atoms with Gasteiger partial charge in [-0.1, -0.05) is 5.22 Å². The molecule has 1 rings (SSSR count). The summed E-state index contributed by atoms with van der Waals surface area (Å²) in [6.07, 6.45) is 0. The molecule has 15 heavy (non-hydrogen) atoms. The predicted molar refractivity (Wildman–Crippen MR) is 49.1 cm³/mol. The van der Waals surface area contributed by atoms with E-state index >= 15 is 0 Å². The van der Waals surface area contributed by atoms with Crippen LogP contribution in [-0.2, 0) is 0 Å². The number of hydrogen-bond acceptors (Lipinski definition) is 4. The number of nitrogens with two attached hydrogens (primary N) is 1. The predicted octanol–water partition coefficient (Wildman–Crippen LogP) is 1.04. The summed E-state index contributed by atoms with van der Waals surface area (Å²) >= 11 is 0. The molecule has 0 unspecified atom stereocenters. The molecule has 7 heteroatoms. The van der Waals surface area contributed by atoms with Gasteiger partial charge in [-0.25, -0.2) is 9.59 Å². The molecule has 4 N–H and O–H groups in total. The third kappa shape index (κ3) is 2.27. The minimum Gasteiger partial charge on any atom is -0.478 e. The van der Waals surface area contributed by atoms with E-state index in [0.29, 0.717) is 0 Å². The summed E-state index contributed by atoms with van der Waals surface area (Å²) in [6.45, 7) is 0. The van der Waals surface area contributed by atoms with Gasteiger partial charge in [0.05, 0.1) is 11.1 Å². The minimum absolute atomic E-state index is 0.0811. The van der Waals surface area contributed by atoms with Crippen LogP contribution in [0.1, 0.15) is 20.7 Å². The second-order valence-electron chi connectivity index (χ2n) is 2.56. The molecule has 0 aromatic heterocycles. The maximum atomic E-state index is 10.7. The van der Waals surface area contributed by atoms with Crippen LogP contribution < -0.4 is 5.84 Å². The Bertz CT molecular complexity index is 442. The molecular formula is C8H7N3O4. The first-order chi connectivity index (χ1) is 7.06. The molecule has 0 aliphatic heterocycles. The SMILES string of the molecule is NN=Nc1cc(C(=O)O)ccc1C(=O)O. The van der Waals surface area contributed by atoms with Crippen LogP contribution in [0, 0.1) is 0 Å². The Morgan fingerprint density at radius 3 is 2.33 bits per heavy atom. The first-order valence-corrected chi connectivity index (χ1v) is 3.78. The van der Waals surface area contributed by atoms with Crippen LogP contribution >= 0.6 is 0 Å². The number of carbonyl (C=O) groups is 2. The van der Waals surface area contributed by atoms with Gasteiger partial charge in [0.2, 0.25) is 0 Å². The van der Waals surface area contributed by atoms with Crippen LogP contribution in [0.5, 0.6) is 0 Å². The van der Waals surface area contributed by atoms with Crippen LogP contribution in [0.25, 0.3) is 0 Å². The van der Waals surface area contributed by atoms with E-state index in [2.05, 4.69) is 10.3 Å². The Kier molecular flexibility index (Phi) is 2.97. The molecule has 0 amide bonds. The van der Waals surface area contributed by atoms with Crippen LogP contribution in [-0.4, -0.2) is 22.2 Å². The smallest absolute Gasteiger partial charge is 0.337 e. The van der Waals surface area contributed by atoms with Gasteiger partial charge in [0.25, 0.3) is 0 Å². The van der Waals surface area contributed by atoms with Gasteiger partial charge in [-0.3, -0.25) is 0 Å². The summed E-state index contributed by atoms with van der Waals surface area (Å²) in [7, 11) is 0. The van der Waals surface area contributed by atoms with Gasteiger partial charge in [-0.15, -0.1) is 5.11 Å². The summed E-state index contributed by atoms with van der Waals surface area (Å²) in [5, 5.41) is 23.6. The summed E-state index contributed by atoms with van der Waals surface area (Å²) in [5.41, 5.74) is -0.332. The highest BCUT2D eigenvalue weighted by Gasteiger charge is 2.13. The third-order valence-corrected chi connectivity index (χ3v) is 1.64. The molecule has 7 nitrogen and oxygen atoms in total. The van der Waals surface area contributed by atoms with E-state index in [1.54, 1.807) is 0 Å².